The molecule has 5 nitrogen and oxygen atoms in total. The number of rotatable bonds is 6. The van der Waals surface area contributed by atoms with Crippen molar-refractivity contribution >= 4 is 12.0 Å². The number of carbonyl (C=O) groups is 2. The number of nitrogens with one attached hydrogen (secondary N) is 2. The van der Waals surface area contributed by atoms with Gasteiger partial charge in [-0.1, -0.05) is 43.7 Å². The first kappa shape index (κ1) is 19.3. The van der Waals surface area contributed by atoms with Crippen LogP contribution in [-0.2, 0) is 14.9 Å². The Hall–Kier alpha value is -2.04. The van der Waals surface area contributed by atoms with Crippen LogP contribution in [0.1, 0.15) is 52.5 Å². The molecule has 0 aromatic heterocycles. The molecule has 0 heterocycles. The first-order valence-corrected chi connectivity index (χ1v) is 9.02. The van der Waals surface area contributed by atoms with Gasteiger partial charge in [-0.2, -0.15) is 0 Å². The molecule has 1 saturated carbocycles. The van der Waals surface area contributed by atoms with Gasteiger partial charge in [0, 0.05) is 18.5 Å². The van der Waals surface area contributed by atoms with Crippen LogP contribution in [0.3, 0.4) is 0 Å². The van der Waals surface area contributed by atoms with E-state index in [1.165, 1.54) is 12.0 Å². The van der Waals surface area contributed by atoms with E-state index in [0.717, 1.165) is 12.8 Å². The average Bonchev–Trinajstić information content (AvgIpc) is 2.50. The number of hydrogen-bond acceptors (Lipinski definition) is 3. The van der Waals surface area contributed by atoms with Crippen LogP contribution in [0, 0.1) is 5.92 Å². The summed E-state index contributed by atoms with van der Waals surface area (Å²) in [5.41, 5.74) is 0.818. The Labute approximate surface area is 150 Å². The Bertz CT molecular complexity index is 589. The lowest BCUT2D eigenvalue weighted by Gasteiger charge is -2.42. The summed E-state index contributed by atoms with van der Waals surface area (Å²) in [6.07, 6.45) is 2.90. The average molecular weight is 346 g/mol. The summed E-state index contributed by atoms with van der Waals surface area (Å²) >= 11 is 0. The predicted octanol–water partition coefficient (Wildman–Crippen LogP) is 3.39. The van der Waals surface area contributed by atoms with Gasteiger partial charge in [0.15, 0.2) is 0 Å². The Morgan fingerprint density at radius 1 is 1.16 bits per heavy atom. The predicted molar refractivity (Wildman–Crippen MR) is 98.4 cm³/mol. The first-order valence-electron chi connectivity index (χ1n) is 9.02. The van der Waals surface area contributed by atoms with Crippen molar-refractivity contribution in [3.05, 3.63) is 35.9 Å². The number of ether oxygens (including phenoxy) is 1. The monoisotopic (exact) mass is 346 g/mol. The fourth-order valence-electron chi connectivity index (χ4n) is 3.04. The zero-order valence-electron chi connectivity index (χ0n) is 15.7. The van der Waals surface area contributed by atoms with Gasteiger partial charge in [0.1, 0.15) is 5.60 Å². The van der Waals surface area contributed by atoms with E-state index in [1.54, 1.807) is 0 Å². The van der Waals surface area contributed by atoms with Gasteiger partial charge in [-0.05, 0) is 39.2 Å². The maximum atomic E-state index is 12.4. The van der Waals surface area contributed by atoms with Gasteiger partial charge < -0.3 is 15.4 Å². The zero-order valence-corrected chi connectivity index (χ0v) is 15.7. The third-order valence-corrected chi connectivity index (χ3v) is 4.70. The topological polar surface area (TPSA) is 67.4 Å². The van der Waals surface area contributed by atoms with Gasteiger partial charge in [0.2, 0.25) is 5.91 Å². The summed E-state index contributed by atoms with van der Waals surface area (Å²) in [6.45, 7) is 8.15. The summed E-state index contributed by atoms with van der Waals surface area (Å²) in [5.74, 6) is -0.348. The molecule has 2 amide bonds. The van der Waals surface area contributed by atoms with E-state index in [0.29, 0.717) is 6.54 Å². The largest absolute Gasteiger partial charge is 0.444 e. The minimum Gasteiger partial charge on any atom is -0.444 e. The van der Waals surface area contributed by atoms with Crippen molar-refractivity contribution in [3.8, 4) is 0 Å². The van der Waals surface area contributed by atoms with E-state index < -0.39 is 11.7 Å². The van der Waals surface area contributed by atoms with E-state index in [4.69, 9.17) is 4.74 Å². The van der Waals surface area contributed by atoms with E-state index >= 15 is 0 Å². The molecule has 1 aliphatic rings. The van der Waals surface area contributed by atoms with Crippen molar-refractivity contribution in [1.29, 1.82) is 0 Å². The maximum absolute atomic E-state index is 12.4. The molecule has 2 rings (SSSR count). The van der Waals surface area contributed by atoms with E-state index in [-0.39, 0.29) is 23.8 Å². The summed E-state index contributed by atoms with van der Waals surface area (Å²) < 4.78 is 5.18. The van der Waals surface area contributed by atoms with Crippen molar-refractivity contribution < 1.29 is 14.3 Å². The Morgan fingerprint density at radius 3 is 2.32 bits per heavy atom. The minimum absolute atomic E-state index is 0.0433. The van der Waals surface area contributed by atoms with Crippen LogP contribution in [0.4, 0.5) is 4.79 Å². The van der Waals surface area contributed by atoms with Crippen molar-refractivity contribution in [2.24, 2.45) is 5.92 Å². The van der Waals surface area contributed by atoms with E-state index in [9.17, 15) is 9.59 Å². The highest BCUT2D eigenvalue weighted by Crippen LogP contribution is 2.43. The number of alkyl carbamates (subject to hydrolysis) is 1. The number of amides is 2. The molecule has 1 unspecified atom stereocenters. The lowest BCUT2D eigenvalue weighted by Crippen LogP contribution is -2.48. The molecule has 0 radical (unpaired) electrons. The summed E-state index contributed by atoms with van der Waals surface area (Å²) in [6, 6.07) is 10.4. The lowest BCUT2D eigenvalue weighted by atomic mass is 9.64. The first-order chi connectivity index (χ1) is 11.7. The fraction of sp³-hybridized carbons (Fsp3) is 0.600. The molecular weight excluding hydrogens is 316 g/mol. The highest BCUT2D eigenvalue weighted by atomic mass is 16.6. The van der Waals surface area contributed by atoms with Crippen molar-refractivity contribution in [3.63, 3.8) is 0 Å². The molecule has 0 bridgehead atoms. The van der Waals surface area contributed by atoms with Crippen LogP contribution in [0.25, 0.3) is 0 Å². The van der Waals surface area contributed by atoms with Crippen LogP contribution in [0.5, 0.6) is 0 Å². The highest BCUT2D eigenvalue weighted by Gasteiger charge is 2.38. The van der Waals surface area contributed by atoms with Crippen molar-refractivity contribution in [2.45, 2.75) is 58.0 Å². The summed E-state index contributed by atoms with van der Waals surface area (Å²) in [7, 11) is 0. The Balaban J connectivity index is 1.80. The highest BCUT2D eigenvalue weighted by molar-refractivity contribution is 5.79. The molecule has 1 atom stereocenters. The summed E-state index contributed by atoms with van der Waals surface area (Å²) in [5, 5.41) is 5.72. The zero-order chi connectivity index (χ0) is 18.5. The molecule has 1 aromatic rings. The van der Waals surface area contributed by atoms with Crippen LogP contribution >= 0.6 is 0 Å². The molecule has 1 fully saturated rings. The van der Waals surface area contributed by atoms with Crippen molar-refractivity contribution in [1.82, 2.24) is 10.6 Å². The third-order valence-electron chi connectivity index (χ3n) is 4.70. The van der Waals surface area contributed by atoms with E-state index in [1.807, 2.05) is 45.9 Å². The second-order valence-corrected chi connectivity index (χ2v) is 8.00. The lowest BCUT2D eigenvalue weighted by molar-refractivity contribution is -0.124. The van der Waals surface area contributed by atoms with Gasteiger partial charge in [-0.3, -0.25) is 4.79 Å². The van der Waals surface area contributed by atoms with Crippen LogP contribution in [0.2, 0.25) is 0 Å². The standard InChI is InChI=1S/C20H30N2O3/c1-15(13-21-18(24)25-19(2,3)4)17(23)22-14-20(11-8-12-20)16-9-6-5-7-10-16/h5-7,9-10,15H,8,11-14H2,1-4H3,(H,21,24)(H,22,23). The fourth-order valence-corrected chi connectivity index (χ4v) is 3.04. The molecule has 5 heteroatoms. The van der Waals surface area contributed by atoms with Gasteiger partial charge in [0.25, 0.3) is 0 Å². The van der Waals surface area contributed by atoms with Crippen LogP contribution in [-0.4, -0.2) is 30.7 Å². The van der Waals surface area contributed by atoms with E-state index in [2.05, 4.69) is 22.8 Å². The number of carbonyl (C=O) groups excluding carboxylic acids is 2. The van der Waals surface area contributed by atoms with Crippen LogP contribution < -0.4 is 10.6 Å². The Morgan fingerprint density at radius 2 is 1.80 bits per heavy atom. The molecule has 138 valence electrons. The number of benzene rings is 1. The van der Waals surface area contributed by atoms with Crippen molar-refractivity contribution in [2.75, 3.05) is 13.1 Å². The van der Waals surface area contributed by atoms with Gasteiger partial charge in [-0.15, -0.1) is 0 Å². The SMILES string of the molecule is CC(CNC(=O)OC(C)(C)C)C(=O)NCC1(c2ccccc2)CCC1. The maximum Gasteiger partial charge on any atom is 0.407 e. The molecule has 2 N–H and O–H groups in total. The van der Waals surface area contributed by atoms with Crippen LogP contribution in [0.15, 0.2) is 30.3 Å². The molecular formula is C20H30N2O3. The second-order valence-electron chi connectivity index (χ2n) is 8.00. The minimum atomic E-state index is -0.540. The third kappa shape index (κ3) is 5.48. The smallest absolute Gasteiger partial charge is 0.407 e. The molecule has 0 saturated heterocycles. The molecule has 0 aliphatic heterocycles. The van der Waals surface area contributed by atoms with Gasteiger partial charge in [0.05, 0.1) is 5.92 Å². The summed E-state index contributed by atoms with van der Waals surface area (Å²) in [4.78, 5) is 24.0. The molecule has 1 aliphatic carbocycles. The normalized spacial score (nSPS) is 17.1. The van der Waals surface area contributed by atoms with Gasteiger partial charge >= 0.3 is 6.09 Å². The quantitative estimate of drug-likeness (QED) is 0.830. The second kappa shape index (κ2) is 7.89. The molecule has 1 aromatic carbocycles. The molecule has 25 heavy (non-hydrogen) atoms. The van der Waals surface area contributed by atoms with Gasteiger partial charge in [-0.25, -0.2) is 4.79 Å². The Kier molecular flexibility index (Phi) is 6.09. The molecule has 0 spiro atoms. The number of hydrogen-bond donors (Lipinski definition) is 2.